The second-order valence-electron chi connectivity index (χ2n) is 9.14. The Morgan fingerprint density at radius 2 is 1.85 bits per heavy atom. The van der Waals surface area contributed by atoms with Gasteiger partial charge in [0.2, 0.25) is 15.9 Å². The minimum absolute atomic E-state index is 0.00168. The summed E-state index contributed by atoms with van der Waals surface area (Å²) in [6.07, 6.45) is 1.25. The van der Waals surface area contributed by atoms with Gasteiger partial charge in [-0.1, -0.05) is 30.3 Å². The number of amides is 1. The van der Waals surface area contributed by atoms with Crippen LogP contribution in [0.1, 0.15) is 46.5 Å². The average molecular weight is 472 g/mol. The zero-order chi connectivity index (χ0) is 24.2. The maximum Gasteiger partial charge on any atom is 0.308 e. The summed E-state index contributed by atoms with van der Waals surface area (Å²) in [6, 6.07) is 12.7. The summed E-state index contributed by atoms with van der Waals surface area (Å²) in [5.41, 5.74) is -0.779. The van der Waals surface area contributed by atoms with Gasteiger partial charge in [-0.05, 0) is 56.5 Å². The third kappa shape index (κ3) is 6.76. The molecule has 3 rings (SSSR count). The van der Waals surface area contributed by atoms with Crippen LogP contribution in [-0.2, 0) is 24.3 Å². The van der Waals surface area contributed by atoms with E-state index >= 15 is 0 Å². The van der Waals surface area contributed by atoms with Crippen LogP contribution in [0.25, 0.3) is 10.8 Å². The number of carbonyl (C=O) groups excluding carboxylic acids is 2. The van der Waals surface area contributed by atoms with Gasteiger partial charge in [0.1, 0.15) is 11.6 Å². The lowest BCUT2D eigenvalue weighted by atomic mass is 10.1. The van der Waals surface area contributed by atoms with Crippen molar-refractivity contribution in [1.82, 2.24) is 9.62 Å². The van der Waals surface area contributed by atoms with E-state index in [1.54, 1.807) is 32.9 Å². The van der Waals surface area contributed by atoms with Gasteiger partial charge in [0.15, 0.2) is 0 Å². The Morgan fingerprint density at radius 3 is 2.45 bits per heavy atom. The van der Waals surface area contributed by atoms with Crippen molar-refractivity contribution in [3.05, 3.63) is 42.5 Å². The Hall–Kier alpha value is -2.96. The van der Waals surface area contributed by atoms with Crippen LogP contribution >= 0.6 is 0 Å². The van der Waals surface area contributed by atoms with Crippen LogP contribution in [0.2, 0.25) is 0 Å². The smallest absolute Gasteiger partial charge is 0.308 e. The van der Waals surface area contributed by atoms with Gasteiger partial charge in [-0.25, -0.2) is 8.42 Å². The van der Waals surface area contributed by atoms with Crippen LogP contribution in [0.3, 0.4) is 0 Å². The molecule has 1 amide bonds. The zero-order valence-corrected chi connectivity index (χ0v) is 19.9. The van der Waals surface area contributed by atoms with Crippen molar-refractivity contribution in [2.45, 2.75) is 69.0 Å². The first-order chi connectivity index (χ1) is 15.5. The van der Waals surface area contributed by atoms with E-state index in [1.807, 2.05) is 24.3 Å². The van der Waals surface area contributed by atoms with Gasteiger partial charge in [0.25, 0.3) is 0 Å². The molecule has 0 spiro atoms. The fourth-order valence-corrected chi connectivity index (χ4v) is 4.77. The van der Waals surface area contributed by atoms with E-state index in [2.05, 4.69) is 4.72 Å². The SMILES string of the molecule is CC(C)(C)OC(=O)C[C@H](NS(=O)(=O)c1ccc2ccccc2c1)C(=O)N(CCC#N)C1CC1. The molecule has 9 heteroatoms. The van der Waals surface area contributed by atoms with Crippen LogP contribution < -0.4 is 4.72 Å². The number of fused-ring (bicyclic) bond motifs is 1. The monoisotopic (exact) mass is 471 g/mol. The Bertz CT molecular complexity index is 1180. The van der Waals surface area contributed by atoms with E-state index in [9.17, 15) is 18.0 Å². The Morgan fingerprint density at radius 1 is 1.18 bits per heavy atom. The first kappa shape index (κ1) is 24.7. The van der Waals surface area contributed by atoms with Gasteiger partial charge in [0.05, 0.1) is 23.8 Å². The predicted molar refractivity (Wildman–Crippen MR) is 123 cm³/mol. The number of hydrogen-bond acceptors (Lipinski definition) is 6. The molecule has 0 aromatic heterocycles. The normalized spacial score (nSPS) is 15.0. The summed E-state index contributed by atoms with van der Waals surface area (Å²) in [6.45, 7) is 5.28. The number of nitriles is 1. The largest absolute Gasteiger partial charge is 0.460 e. The molecule has 0 heterocycles. The number of rotatable bonds is 9. The Kier molecular flexibility index (Phi) is 7.40. The second kappa shape index (κ2) is 9.89. The molecule has 1 fully saturated rings. The highest BCUT2D eigenvalue weighted by atomic mass is 32.2. The van der Waals surface area contributed by atoms with Crippen LogP contribution in [0.5, 0.6) is 0 Å². The molecule has 0 aliphatic heterocycles. The molecule has 0 unspecified atom stereocenters. The van der Waals surface area contributed by atoms with Crippen molar-refractivity contribution in [1.29, 1.82) is 5.26 Å². The molecule has 1 aliphatic carbocycles. The van der Waals surface area contributed by atoms with E-state index in [0.29, 0.717) is 0 Å². The molecular formula is C24H29N3O5S. The Labute approximate surface area is 194 Å². The maximum atomic E-state index is 13.3. The standard InChI is InChI=1S/C24H29N3O5S/c1-24(2,3)32-22(28)16-21(23(29)27(14-6-13-25)19-10-11-19)26-33(30,31)20-12-9-17-7-4-5-8-18(17)15-20/h4-5,7-9,12,15,19,21,26H,6,10-11,14,16H2,1-3H3/t21-/m0/s1. The molecule has 8 nitrogen and oxygen atoms in total. The molecule has 176 valence electrons. The summed E-state index contributed by atoms with van der Waals surface area (Å²) in [7, 11) is -4.11. The van der Waals surface area contributed by atoms with Gasteiger partial charge in [-0.2, -0.15) is 9.98 Å². The van der Waals surface area contributed by atoms with Crippen molar-refractivity contribution in [2.24, 2.45) is 0 Å². The first-order valence-corrected chi connectivity index (χ1v) is 12.4. The van der Waals surface area contributed by atoms with Crippen molar-refractivity contribution >= 4 is 32.7 Å². The molecule has 1 N–H and O–H groups in total. The quantitative estimate of drug-likeness (QED) is 0.562. The third-order valence-corrected chi connectivity index (χ3v) is 6.62. The molecular weight excluding hydrogens is 442 g/mol. The summed E-state index contributed by atoms with van der Waals surface area (Å²) in [5.74, 6) is -1.21. The highest BCUT2D eigenvalue weighted by Crippen LogP contribution is 2.28. The highest BCUT2D eigenvalue weighted by Gasteiger charge is 2.38. The molecule has 2 aromatic rings. The molecule has 0 radical (unpaired) electrons. The topological polar surface area (TPSA) is 117 Å². The minimum Gasteiger partial charge on any atom is -0.460 e. The van der Waals surface area contributed by atoms with Crippen molar-refractivity contribution < 1.29 is 22.7 Å². The number of sulfonamides is 1. The van der Waals surface area contributed by atoms with Crippen molar-refractivity contribution in [3.8, 4) is 6.07 Å². The number of esters is 1. The molecule has 1 atom stereocenters. The average Bonchev–Trinajstić information content (AvgIpc) is 3.56. The summed E-state index contributed by atoms with van der Waals surface area (Å²) in [5, 5.41) is 10.6. The first-order valence-electron chi connectivity index (χ1n) is 10.9. The molecule has 0 saturated heterocycles. The molecule has 33 heavy (non-hydrogen) atoms. The number of hydrogen-bond donors (Lipinski definition) is 1. The van der Waals surface area contributed by atoms with Gasteiger partial charge in [-0.15, -0.1) is 0 Å². The van der Waals surface area contributed by atoms with Crippen LogP contribution in [0.4, 0.5) is 0 Å². The lowest BCUT2D eigenvalue weighted by molar-refractivity contribution is -0.157. The van der Waals surface area contributed by atoms with Crippen LogP contribution in [0, 0.1) is 11.3 Å². The van der Waals surface area contributed by atoms with E-state index in [1.165, 1.54) is 17.0 Å². The van der Waals surface area contributed by atoms with Crippen molar-refractivity contribution in [2.75, 3.05) is 6.54 Å². The van der Waals surface area contributed by atoms with Gasteiger partial charge in [0, 0.05) is 12.6 Å². The summed E-state index contributed by atoms with van der Waals surface area (Å²) in [4.78, 5) is 27.3. The van der Waals surface area contributed by atoms with E-state index in [0.717, 1.165) is 23.6 Å². The van der Waals surface area contributed by atoms with Crippen molar-refractivity contribution in [3.63, 3.8) is 0 Å². The third-order valence-electron chi connectivity index (χ3n) is 5.15. The van der Waals surface area contributed by atoms with E-state index in [4.69, 9.17) is 10.00 Å². The van der Waals surface area contributed by atoms with Crippen LogP contribution in [0.15, 0.2) is 47.4 Å². The fourth-order valence-electron chi connectivity index (χ4n) is 3.55. The molecule has 1 saturated carbocycles. The molecule has 0 bridgehead atoms. The van der Waals surface area contributed by atoms with Gasteiger partial charge < -0.3 is 9.64 Å². The highest BCUT2D eigenvalue weighted by molar-refractivity contribution is 7.89. The molecule has 1 aliphatic rings. The number of carbonyl (C=O) groups is 2. The lowest BCUT2D eigenvalue weighted by Gasteiger charge is -2.28. The number of nitrogens with one attached hydrogen (secondary N) is 1. The number of ether oxygens (including phenoxy) is 1. The minimum atomic E-state index is -4.11. The summed E-state index contributed by atoms with van der Waals surface area (Å²) < 4.78 is 34.2. The van der Waals surface area contributed by atoms with E-state index in [-0.39, 0.29) is 23.9 Å². The summed E-state index contributed by atoms with van der Waals surface area (Å²) >= 11 is 0. The van der Waals surface area contributed by atoms with Gasteiger partial charge in [-0.3, -0.25) is 9.59 Å². The maximum absolute atomic E-state index is 13.3. The fraction of sp³-hybridized carbons (Fsp3) is 0.458. The van der Waals surface area contributed by atoms with Gasteiger partial charge >= 0.3 is 5.97 Å². The lowest BCUT2D eigenvalue weighted by Crippen LogP contribution is -2.50. The molecule has 2 aromatic carbocycles. The number of nitrogens with zero attached hydrogens (tertiary/aromatic N) is 2. The second-order valence-corrected chi connectivity index (χ2v) is 10.9. The Balaban J connectivity index is 1.88. The zero-order valence-electron chi connectivity index (χ0n) is 19.1. The predicted octanol–water partition coefficient (Wildman–Crippen LogP) is 3.12. The van der Waals surface area contributed by atoms with Crippen LogP contribution in [-0.4, -0.2) is 49.4 Å². The van der Waals surface area contributed by atoms with E-state index < -0.39 is 40.0 Å². The number of benzene rings is 2.